The van der Waals surface area contributed by atoms with E-state index in [1.54, 1.807) is 24.3 Å². The highest BCUT2D eigenvalue weighted by molar-refractivity contribution is 7.93. The third kappa shape index (κ3) is 2.41. The molecule has 0 radical (unpaired) electrons. The first kappa shape index (κ1) is 14.0. The van der Waals surface area contributed by atoms with Gasteiger partial charge in [0, 0.05) is 5.02 Å². The predicted molar refractivity (Wildman–Crippen MR) is 82.3 cm³/mol. The Morgan fingerprint density at radius 3 is 2.71 bits per heavy atom. The summed E-state index contributed by atoms with van der Waals surface area (Å²) in [5, 5.41) is 0.397. The van der Waals surface area contributed by atoms with Gasteiger partial charge in [-0.05, 0) is 30.3 Å². The van der Waals surface area contributed by atoms with Crippen LogP contribution in [0, 0.1) is 0 Å². The van der Waals surface area contributed by atoms with Crippen LogP contribution in [0.1, 0.15) is 0 Å². The first-order valence-electron chi connectivity index (χ1n) is 6.30. The number of rotatable bonds is 2. The lowest BCUT2D eigenvalue weighted by Gasteiger charge is -2.30. The SMILES string of the molecule is Nc1cc(Cl)ccc1S(=O)(=O)N1CCOc2ccccc21. The highest BCUT2D eigenvalue weighted by Crippen LogP contribution is 2.36. The monoisotopic (exact) mass is 324 g/mol. The molecule has 5 nitrogen and oxygen atoms in total. The molecule has 1 aliphatic rings. The van der Waals surface area contributed by atoms with Gasteiger partial charge in [-0.2, -0.15) is 0 Å². The van der Waals surface area contributed by atoms with Crippen LogP contribution >= 0.6 is 11.6 Å². The van der Waals surface area contributed by atoms with Crippen LogP contribution in [0.4, 0.5) is 11.4 Å². The molecule has 2 aromatic rings. The molecule has 7 heteroatoms. The molecular formula is C14H13ClN2O3S. The summed E-state index contributed by atoms with van der Waals surface area (Å²) in [5.74, 6) is 0.542. The zero-order chi connectivity index (χ0) is 15.0. The van der Waals surface area contributed by atoms with E-state index in [1.807, 2.05) is 0 Å². The molecule has 0 unspecified atom stereocenters. The number of fused-ring (bicyclic) bond motifs is 1. The van der Waals surface area contributed by atoms with Crippen molar-refractivity contribution in [2.24, 2.45) is 0 Å². The van der Waals surface area contributed by atoms with Crippen LogP contribution in [0.25, 0.3) is 0 Å². The summed E-state index contributed by atoms with van der Waals surface area (Å²) in [4.78, 5) is 0.0450. The van der Waals surface area contributed by atoms with Crippen molar-refractivity contribution in [2.75, 3.05) is 23.2 Å². The second kappa shape index (κ2) is 5.13. The van der Waals surface area contributed by atoms with Crippen molar-refractivity contribution in [1.29, 1.82) is 0 Å². The summed E-state index contributed by atoms with van der Waals surface area (Å²) in [5.41, 5.74) is 6.46. The maximum atomic E-state index is 12.8. The molecule has 0 saturated carbocycles. The highest BCUT2D eigenvalue weighted by atomic mass is 35.5. The number of hydrogen-bond donors (Lipinski definition) is 1. The van der Waals surface area contributed by atoms with Crippen molar-refractivity contribution >= 4 is 33.0 Å². The predicted octanol–water partition coefficient (Wildman–Crippen LogP) is 2.51. The van der Waals surface area contributed by atoms with Crippen LogP contribution in [0.15, 0.2) is 47.4 Å². The second-order valence-electron chi connectivity index (χ2n) is 4.58. The Balaban J connectivity index is 2.12. The topological polar surface area (TPSA) is 72.6 Å². The summed E-state index contributed by atoms with van der Waals surface area (Å²) >= 11 is 5.83. The maximum Gasteiger partial charge on any atom is 0.266 e. The standard InChI is InChI=1S/C14H13ClN2O3S/c15-10-5-6-14(11(16)9-10)21(18,19)17-7-8-20-13-4-2-1-3-12(13)17/h1-6,9H,7-8,16H2. The Labute approximate surface area is 127 Å². The zero-order valence-corrected chi connectivity index (χ0v) is 12.6. The fourth-order valence-corrected chi connectivity index (χ4v) is 4.01. The van der Waals surface area contributed by atoms with Crippen LogP contribution < -0.4 is 14.8 Å². The summed E-state index contributed by atoms with van der Waals surface area (Å²) in [6.45, 7) is 0.533. The largest absolute Gasteiger partial charge is 0.489 e. The number of sulfonamides is 1. The second-order valence-corrected chi connectivity index (χ2v) is 6.84. The van der Waals surface area contributed by atoms with E-state index in [0.717, 1.165) is 0 Å². The van der Waals surface area contributed by atoms with Gasteiger partial charge in [-0.25, -0.2) is 8.42 Å². The van der Waals surface area contributed by atoms with Gasteiger partial charge >= 0.3 is 0 Å². The molecule has 0 aliphatic carbocycles. The zero-order valence-electron chi connectivity index (χ0n) is 11.0. The van der Waals surface area contributed by atoms with Gasteiger partial charge in [-0.1, -0.05) is 23.7 Å². The van der Waals surface area contributed by atoms with Gasteiger partial charge in [0.2, 0.25) is 0 Å². The molecule has 1 aliphatic heterocycles. The third-order valence-electron chi connectivity index (χ3n) is 3.23. The molecule has 0 aromatic heterocycles. The highest BCUT2D eigenvalue weighted by Gasteiger charge is 2.31. The number of benzene rings is 2. The van der Waals surface area contributed by atoms with Gasteiger partial charge in [0.05, 0.1) is 17.9 Å². The Bertz CT molecular complexity index is 793. The van der Waals surface area contributed by atoms with E-state index in [-0.39, 0.29) is 17.1 Å². The van der Waals surface area contributed by atoms with Crippen LogP contribution in [-0.2, 0) is 10.0 Å². The van der Waals surface area contributed by atoms with Gasteiger partial charge in [0.15, 0.2) is 0 Å². The van der Waals surface area contributed by atoms with E-state index in [2.05, 4.69) is 0 Å². The number of hydrogen-bond acceptors (Lipinski definition) is 4. The van der Waals surface area contributed by atoms with Crippen LogP contribution in [-0.4, -0.2) is 21.6 Å². The van der Waals surface area contributed by atoms with Gasteiger partial charge in [0.1, 0.15) is 17.3 Å². The molecule has 0 bridgehead atoms. The number of anilines is 2. The number of ether oxygens (including phenoxy) is 1. The van der Waals surface area contributed by atoms with Crippen molar-refractivity contribution < 1.29 is 13.2 Å². The van der Waals surface area contributed by atoms with E-state index in [1.165, 1.54) is 22.5 Å². The first-order valence-corrected chi connectivity index (χ1v) is 8.11. The average molecular weight is 325 g/mol. The summed E-state index contributed by atoms with van der Waals surface area (Å²) in [6, 6.07) is 11.4. The smallest absolute Gasteiger partial charge is 0.266 e. The molecule has 2 N–H and O–H groups in total. The quantitative estimate of drug-likeness (QED) is 0.861. The first-order chi connectivity index (χ1) is 10.00. The van der Waals surface area contributed by atoms with E-state index < -0.39 is 10.0 Å². The lowest BCUT2D eigenvalue weighted by molar-refractivity contribution is 0.316. The third-order valence-corrected chi connectivity index (χ3v) is 5.35. The maximum absolute atomic E-state index is 12.8. The Hall–Kier alpha value is -1.92. The summed E-state index contributed by atoms with van der Waals surface area (Å²) < 4.78 is 32.4. The number of halogens is 1. The van der Waals surface area contributed by atoms with Gasteiger partial charge in [-0.3, -0.25) is 4.31 Å². The number of nitrogens with zero attached hydrogens (tertiary/aromatic N) is 1. The fraction of sp³-hybridized carbons (Fsp3) is 0.143. The van der Waals surface area contributed by atoms with E-state index in [9.17, 15) is 8.42 Å². The van der Waals surface area contributed by atoms with E-state index in [0.29, 0.717) is 23.1 Å². The molecule has 1 heterocycles. The minimum atomic E-state index is -3.75. The molecule has 3 rings (SSSR count). The Morgan fingerprint density at radius 2 is 1.95 bits per heavy atom. The molecule has 0 spiro atoms. The molecule has 0 saturated heterocycles. The number of para-hydroxylation sites is 2. The van der Waals surface area contributed by atoms with Crippen LogP contribution in [0.2, 0.25) is 5.02 Å². The van der Waals surface area contributed by atoms with E-state index >= 15 is 0 Å². The Kier molecular flexibility index (Phi) is 3.43. The summed E-state index contributed by atoms with van der Waals surface area (Å²) in [6.07, 6.45) is 0. The molecule has 0 amide bonds. The van der Waals surface area contributed by atoms with Crippen molar-refractivity contribution in [3.63, 3.8) is 0 Å². The fourth-order valence-electron chi connectivity index (χ4n) is 2.27. The van der Waals surface area contributed by atoms with Gasteiger partial charge in [0.25, 0.3) is 10.0 Å². The van der Waals surface area contributed by atoms with Crippen LogP contribution in [0.5, 0.6) is 5.75 Å². The lowest BCUT2D eigenvalue weighted by Crippen LogP contribution is -2.38. The molecular weight excluding hydrogens is 312 g/mol. The molecule has 21 heavy (non-hydrogen) atoms. The van der Waals surface area contributed by atoms with Gasteiger partial charge in [-0.15, -0.1) is 0 Å². The van der Waals surface area contributed by atoms with Gasteiger partial charge < -0.3 is 10.5 Å². The van der Waals surface area contributed by atoms with Crippen LogP contribution in [0.3, 0.4) is 0 Å². The van der Waals surface area contributed by atoms with Crippen molar-refractivity contribution in [3.05, 3.63) is 47.5 Å². The summed E-state index contributed by atoms with van der Waals surface area (Å²) in [7, 11) is -3.75. The molecule has 0 atom stereocenters. The van der Waals surface area contributed by atoms with Crippen molar-refractivity contribution in [2.45, 2.75) is 4.90 Å². The molecule has 0 fully saturated rings. The Morgan fingerprint density at radius 1 is 1.19 bits per heavy atom. The number of nitrogens with two attached hydrogens (primary N) is 1. The minimum absolute atomic E-state index is 0.0450. The van der Waals surface area contributed by atoms with Crippen molar-refractivity contribution in [3.8, 4) is 5.75 Å². The average Bonchev–Trinajstić information content (AvgIpc) is 2.46. The van der Waals surface area contributed by atoms with E-state index in [4.69, 9.17) is 22.1 Å². The number of nitrogen functional groups attached to an aromatic ring is 1. The normalized spacial score (nSPS) is 14.4. The molecule has 110 valence electrons. The lowest BCUT2D eigenvalue weighted by atomic mass is 10.2. The minimum Gasteiger partial charge on any atom is -0.489 e. The molecule has 2 aromatic carbocycles. The van der Waals surface area contributed by atoms with Crippen molar-refractivity contribution in [1.82, 2.24) is 0 Å².